The summed E-state index contributed by atoms with van der Waals surface area (Å²) >= 11 is 3.05. The molecule has 0 aliphatic heterocycles. The van der Waals surface area contributed by atoms with Crippen LogP contribution in [0, 0.1) is 11.6 Å². The minimum atomic E-state index is -0.547. The second-order valence-electron chi connectivity index (χ2n) is 4.27. The first-order valence-corrected chi connectivity index (χ1v) is 6.68. The summed E-state index contributed by atoms with van der Waals surface area (Å²) in [5.41, 5.74) is 1.14. The van der Waals surface area contributed by atoms with Crippen LogP contribution in [-0.4, -0.2) is 16.3 Å². The Hall–Kier alpha value is -1.27. The molecule has 0 aliphatic carbocycles. The molecule has 0 unspecified atom stereocenters. The van der Waals surface area contributed by atoms with Crippen molar-refractivity contribution >= 4 is 15.9 Å². The van der Waals surface area contributed by atoms with Crippen LogP contribution in [0.1, 0.15) is 11.1 Å². The van der Waals surface area contributed by atoms with Crippen molar-refractivity contribution in [2.45, 2.75) is 13.0 Å². The molecule has 1 aromatic carbocycles. The molecule has 0 saturated carbocycles. The van der Waals surface area contributed by atoms with Gasteiger partial charge in [0.05, 0.1) is 10.7 Å². The van der Waals surface area contributed by atoms with E-state index in [-0.39, 0.29) is 16.6 Å². The number of rotatable bonds is 5. The lowest BCUT2D eigenvalue weighted by molar-refractivity contribution is 0.532. The van der Waals surface area contributed by atoms with E-state index in [1.165, 1.54) is 12.1 Å². The summed E-state index contributed by atoms with van der Waals surface area (Å²) in [5.74, 6) is -1.08. The Kier molecular flexibility index (Phi) is 4.66. The van der Waals surface area contributed by atoms with Crippen molar-refractivity contribution in [3.05, 3.63) is 51.8 Å². The molecule has 0 radical (unpaired) electrons. The van der Waals surface area contributed by atoms with E-state index in [2.05, 4.69) is 26.3 Å². The fourth-order valence-corrected chi connectivity index (χ4v) is 2.15. The van der Waals surface area contributed by atoms with Crippen LogP contribution in [0.5, 0.6) is 0 Å². The third-order valence-corrected chi connectivity index (χ3v) is 3.40. The second-order valence-corrected chi connectivity index (χ2v) is 5.13. The van der Waals surface area contributed by atoms with Crippen molar-refractivity contribution in [1.29, 1.82) is 0 Å². The van der Waals surface area contributed by atoms with E-state index in [1.54, 1.807) is 10.9 Å². The fourth-order valence-electron chi connectivity index (χ4n) is 1.78. The third kappa shape index (κ3) is 3.61. The van der Waals surface area contributed by atoms with Crippen LogP contribution in [0.4, 0.5) is 8.78 Å². The normalized spacial score (nSPS) is 10.9. The largest absolute Gasteiger partial charge is 0.312 e. The van der Waals surface area contributed by atoms with Crippen molar-refractivity contribution < 1.29 is 8.78 Å². The molecule has 6 heteroatoms. The summed E-state index contributed by atoms with van der Waals surface area (Å²) in [4.78, 5) is 0. The average molecular weight is 330 g/mol. The Labute approximate surface area is 118 Å². The van der Waals surface area contributed by atoms with Gasteiger partial charge in [-0.3, -0.25) is 4.68 Å². The maximum atomic E-state index is 13.7. The molecule has 2 rings (SSSR count). The Bertz CT molecular complexity index is 569. The number of halogens is 3. The number of nitrogens with zero attached hydrogens (tertiary/aromatic N) is 2. The Morgan fingerprint density at radius 3 is 2.84 bits per heavy atom. The molecule has 0 amide bonds. The van der Waals surface area contributed by atoms with Gasteiger partial charge in [0.2, 0.25) is 0 Å². The summed E-state index contributed by atoms with van der Waals surface area (Å²) in [7, 11) is 1.85. The highest BCUT2D eigenvalue weighted by molar-refractivity contribution is 9.10. The monoisotopic (exact) mass is 329 g/mol. The van der Waals surface area contributed by atoms with Crippen LogP contribution in [0.25, 0.3) is 0 Å². The maximum Gasteiger partial charge on any atom is 0.144 e. The van der Waals surface area contributed by atoms with Gasteiger partial charge >= 0.3 is 0 Å². The van der Waals surface area contributed by atoms with Gasteiger partial charge in [0, 0.05) is 25.4 Å². The minimum Gasteiger partial charge on any atom is -0.312 e. The molecule has 102 valence electrons. The van der Waals surface area contributed by atoms with Crippen molar-refractivity contribution in [1.82, 2.24) is 15.1 Å². The van der Waals surface area contributed by atoms with Gasteiger partial charge in [-0.1, -0.05) is 0 Å². The van der Waals surface area contributed by atoms with Gasteiger partial charge in [0.1, 0.15) is 11.6 Å². The molecule has 0 aliphatic rings. The van der Waals surface area contributed by atoms with E-state index in [9.17, 15) is 8.78 Å². The highest BCUT2D eigenvalue weighted by Crippen LogP contribution is 2.21. The molecular formula is C13H14BrF2N3. The molecule has 3 nitrogen and oxygen atoms in total. The third-order valence-electron chi connectivity index (χ3n) is 2.79. The van der Waals surface area contributed by atoms with Crippen LogP contribution in [0.2, 0.25) is 0 Å². The zero-order chi connectivity index (χ0) is 13.8. The number of hydrogen-bond donors (Lipinski definition) is 1. The van der Waals surface area contributed by atoms with E-state index >= 15 is 0 Å². The minimum absolute atomic E-state index is 0.0561. The molecule has 0 saturated heterocycles. The van der Waals surface area contributed by atoms with E-state index < -0.39 is 11.6 Å². The first kappa shape index (κ1) is 14.1. The van der Waals surface area contributed by atoms with E-state index in [0.29, 0.717) is 6.54 Å². The summed E-state index contributed by atoms with van der Waals surface area (Å²) in [6.45, 7) is 0.800. The lowest BCUT2D eigenvalue weighted by atomic mass is 10.2. The second kappa shape index (κ2) is 6.25. The number of nitrogens with one attached hydrogen (secondary N) is 1. The first-order chi connectivity index (χ1) is 9.08. The highest BCUT2D eigenvalue weighted by atomic mass is 79.9. The van der Waals surface area contributed by atoms with Gasteiger partial charge in [0.25, 0.3) is 0 Å². The highest BCUT2D eigenvalue weighted by Gasteiger charge is 2.11. The fraction of sp³-hybridized carbons (Fsp3) is 0.308. The molecule has 0 bridgehead atoms. The van der Waals surface area contributed by atoms with Gasteiger partial charge in [-0.25, -0.2) is 8.78 Å². The smallest absolute Gasteiger partial charge is 0.144 e. The van der Waals surface area contributed by atoms with Crippen LogP contribution in [0.3, 0.4) is 0 Å². The molecule has 1 aromatic heterocycles. The maximum absolute atomic E-state index is 13.7. The molecular weight excluding hydrogens is 316 g/mol. The quantitative estimate of drug-likeness (QED) is 0.675. The molecule has 0 fully saturated rings. The van der Waals surface area contributed by atoms with Crippen molar-refractivity contribution in [2.75, 3.05) is 6.54 Å². The number of benzene rings is 1. The van der Waals surface area contributed by atoms with Crippen LogP contribution < -0.4 is 5.32 Å². The molecule has 0 atom stereocenters. The van der Waals surface area contributed by atoms with Crippen LogP contribution >= 0.6 is 15.9 Å². The molecule has 0 spiro atoms. The lowest BCUT2D eigenvalue weighted by Gasteiger charge is -2.07. The van der Waals surface area contributed by atoms with Gasteiger partial charge < -0.3 is 5.32 Å². The average Bonchev–Trinajstić information content (AvgIpc) is 2.79. The SMILES string of the molecule is Cn1cc(CCNCc2c(F)ccc(Br)c2F)cn1. The van der Waals surface area contributed by atoms with Crippen LogP contribution in [-0.2, 0) is 20.0 Å². The molecule has 2 aromatic rings. The summed E-state index contributed by atoms with van der Waals surface area (Å²) in [6, 6.07) is 2.62. The Morgan fingerprint density at radius 2 is 2.16 bits per heavy atom. The van der Waals surface area contributed by atoms with E-state index in [1.807, 2.05) is 13.2 Å². The molecule has 1 heterocycles. The van der Waals surface area contributed by atoms with Crippen molar-refractivity contribution in [2.24, 2.45) is 7.05 Å². The van der Waals surface area contributed by atoms with Gasteiger partial charge in [-0.2, -0.15) is 5.10 Å². The van der Waals surface area contributed by atoms with Gasteiger partial charge in [0.15, 0.2) is 0 Å². The topological polar surface area (TPSA) is 29.9 Å². The number of hydrogen-bond acceptors (Lipinski definition) is 2. The standard InChI is InChI=1S/C13H14BrF2N3/c1-19-8-9(6-18-19)4-5-17-7-10-12(15)3-2-11(14)13(10)16/h2-3,6,8,17H,4-5,7H2,1H3. The summed E-state index contributed by atoms with van der Waals surface area (Å²) in [5, 5.41) is 7.09. The first-order valence-electron chi connectivity index (χ1n) is 5.88. The van der Waals surface area contributed by atoms with E-state index in [0.717, 1.165) is 12.0 Å². The Morgan fingerprint density at radius 1 is 1.37 bits per heavy atom. The summed E-state index contributed by atoms with van der Waals surface area (Å²) in [6.07, 6.45) is 4.47. The zero-order valence-electron chi connectivity index (χ0n) is 10.5. The predicted molar refractivity (Wildman–Crippen MR) is 72.7 cm³/mol. The van der Waals surface area contributed by atoms with Crippen LogP contribution in [0.15, 0.2) is 29.0 Å². The summed E-state index contributed by atoms with van der Waals surface area (Å²) < 4.78 is 29.1. The van der Waals surface area contributed by atoms with E-state index in [4.69, 9.17) is 0 Å². The number of aromatic nitrogens is 2. The molecule has 1 N–H and O–H groups in total. The zero-order valence-corrected chi connectivity index (χ0v) is 12.0. The van der Waals surface area contributed by atoms with Gasteiger partial charge in [-0.05, 0) is 46.6 Å². The van der Waals surface area contributed by atoms with Gasteiger partial charge in [-0.15, -0.1) is 0 Å². The molecule has 19 heavy (non-hydrogen) atoms. The predicted octanol–water partition coefficient (Wildman–Crippen LogP) is 2.79. The number of aryl methyl sites for hydroxylation is 1. The lowest BCUT2D eigenvalue weighted by Crippen LogP contribution is -2.18. The van der Waals surface area contributed by atoms with Crippen molar-refractivity contribution in [3.8, 4) is 0 Å². The Balaban J connectivity index is 1.88. The van der Waals surface area contributed by atoms with Crippen molar-refractivity contribution in [3.63, 3.8) is 0 Å².